The molecule has 0 bridgehead atoms. The number of hydrogen-bond donors (Lipinski definition) is 1. The lowest BCUT2D eigenvalue weighted by Crippen LogP contribution is -2.48. The lowest BCUT2D eigenvalue weighted by Gasteiger charge is -2.43. The summed E-state index contributed by atoms with van der Waals surface area (Å²) in [5.41, 5.74) is 11.8. The fourth-order valence-corrected chi connectivity index (χ4v) is 4.34. The van der Waals surface area contributed by atoms with Crippen molar-refractivity contribution in [3.63, 3.8) is 0 Å². The zero-order valence-electron chi connectivity index (χ0n) is 12.5. The first-order valence-corrected chi connectivity index (χ1v) is 7.86. The Morgan fingerprint density at radius 2 is 1.84 bits per heavy atom. The van der Waals surface area contributed by atoms with Crippen LogP contribution in [0.25, 0.3) is 0 Å². The van der Waals surface area contributed by atoms with Gasteiger partial charge in [-0.3, -0.25) is 0 Å². The van der Waals surface area contributed by atoms with E-state index < -0.39 is 0 Å². The molecule has 0 aliphatic heterocycles. The standard InChI is InChI=1S/C18H27N/c1-17(2)9-4-10-18(19,13-17)12-14-7-8-15-5-3-6-16(15)11-14/h7-8,11H,3-6,9-10,12-13,19H2,1-2H3. The van der Waals surface area contributed by atoms with Crippen LogP contribution in [0.4, 0.5) is 0 Å². The highest BCUT2D eigenvalue weighted by molar-refractivity contribution is 5.36. The molecule has 1 aromatic rings. The lowest BCUT2D eigenvalue weighted by atomic mass is 9.66. The van der Waals surface area contributed by atoms with E-state index in [0.717, 1.165) is 12.8 Å². The smallest absolute Gasteiger partial charge is 0.0200 e. The quantitative estimate of drug-likeness (QED) is 0.851. The summed E-state index contributed by atoms with van der Waals surface area (Å²) in [5.74, 6) is 0. The summed E-state index contributed by atoms with van der Waals surface area (Å²) in [6.07, 6.45) is 9.90. The van der Waals surface area contributed by atoms with Crippen LogP contribution in [0.3, 0.4) is 0 Å². The first-order valence-electron chi connectivity index (χ1n) is 7.86. The molecule has 0 aromatic heterocycles. The Morgan fingerprint density at radius 1 is 1.05 bits per heavy atom. The summed E-state index contributed by atoms with van der Waals surface area (Å²) < 4.78 is 0. The first kappa shape index (κ1) is 13.2. The van der Waals surface area contributed by atoms with Crippen molar-refractivity contribution in [1.82, 2.24) is 0 Å². The lowest BCUT2D eigenvalue weighted by molar-refractivity contribution is 0.151. The molecule has 2 aliphatic carbocycles. The molecule has 1 aromatic carbocycles. The van der Waals surface area contributed by atoms with Crippen LogP contribution >= 0.6 is 0 Å². The Balaban J connectivity index is 1.77. The highest BCUT2D eigenvalue weighted by atomic mass is 14.8. The molecule has 1 unspecified atom stereocenters. The number of fused-ring (bicyclic) bond motifs is 1. The first-order chi connectivity index (χ1) is 8.96. The fraction of sp³-hybridized carbons (Fsp3) is 0.667. The molecule has 1 nitrogen and oxygen atoms in total. The van der Waals surface area contributed by atoms with Crippen LogP contribution in [0, 0.1) is 5.41 Å². The summed E-state index contributed by atoms with van der Waals surface area (Å²) in [6, 6.07) is 7.09. The van der Waals surface area contributed by atoms with E-state index in [-0.39, 0.29) is 5.54 Å². The largest absolute Gasteiger partial charge is 0.325 e. The van der Waals surface area contributed by atoms with Gasteiger partial charge in [0.2, 0.25) is 0 Å². The number of hydrogen-bond acceptors (Lipinski definition) is 1. The summed E-state index contributed by atoms with van der Waals surface area (Å²) >= 11 is 0. The van der Waals surface area contributed by atoms with Gasteiger partial charge in [0, 0.05) is 5.54 Å². The van der Waals surface area contributed by atoms with E-state index in [4.69, 9.17) is 5.73 Å². The third-order valence-electron chi connectivity index (χ3n) is 5.08. The van der Waals surface area contributed by atoms with E-state index >= 15 is 0 Å². The van der Waals surface area contributed by atoms with E-state index in [1.54, 1.807) is 11.1 Å². The molecule has 2 N–H and O–H groups in total. The maximum atomic E-state index is 6.71. The van der Waals surface area contributed by atoms with Crippen molar-refractivity contribution in [1.29, 1.82) is 0 Å². The molecular formula is C18H27N. The van der Waals surface area contributed by atoms with Crippen molar-refractivity contribution in [2.45, 2.75) is 70.8 Å². The zero-order chi connectivity index (χ0) is 13.5. The van der Waals surface area contributed by atoms with Crippen molar-refractivity contribution in [3.8, 4) is 0 Å². The Morgan fingerprint density at radius 3 is 2.63 bits per heavy atom. The Kier molecular flexibility index (Phi) is 3.21. The van der Waals surface area contributed by atoms with Crippen molar-refractivity contribution in [2.75, 3.05) is 0 Å². The fourth-order valence-electron chi connectivity index (χ4n) is 4.34. The molecule has 1 atom stereocenters. The maximum Gasteiger partial charge on any atom is 0.0200 e. The van der Waals surface area contributed by atoms with Gasteiger partial charge in [0.1, 0.15) is 0 Å². The van der Waals surface area contributed by atoms with Gasteiger partial charge >= 0.3 is 0 Å². The van der Waals surface area contributed by atoms with Gasteiger partial charge in [-0.15, -0.1) is 0 Å². The van der Waals surface area contributed by atoms with Crippen molar-refractivity contribution < 1.29 is 0 Å². The Labute approximate surface area is 117 Å². The van der Waals surface area contributed by atoms with Gasteiger partial charge in [0.25, 0.3) is 0 Å². The molecule has 0 radical (unpaired) electrons. The summed E-state index contributed by atoms with van der Waals surface area (Å²) in [7, 11) is 0. The average Bonchev–Trinajstić information content (AvgIpc) is 2.73. The van der Waals surface area contributed by atoms with Gasteiger partial charge in [0.15, 0.2) is 0 Å². The highest BCUT2D eigenvalue weighted by Crippen LogP contribution is 2.41. The molecule has 0 spiro atoms. The molecule has 0 amide bonds. The van der Waals surface area contributed by atoms with Crippen molar-refractivity contribution >= 4 is 0 Å². The number of benzene rings is 1. The Hall–Kier alpha value is -0.820. The van der Waals surface area contributed by atoms with Crippen LogP contribution in [0.1, 0.15) is 62.6 Å². The van der Waals surface area contributed by atoms with Gasteiger partial charge in [-0.2, -0.15) is 0 Å². The third-order valence-corrected chi connectivity index (χ3v) is 5.08. The molecule has 1 heteroatoms. The van der Waals surface area contributed by atoms with Crippen molar-refractivity contribution in [3.05, 3.63) is 34.9 Å². The molecule has 1 saturated carbocycles. The van der Waals surface area contributed by atoms with Gasteiger partial charge < -0.3 is 5.73 Å². The molecule has 3 rings (SSSR count). The topological polar surface area (TPSA) is 26.0 Å². The molecule has 19 heavy (non-hydrogen) atoms. The normalized spacial score (nSPS) is 29.2. The molecule has 0 saturated heterocycles. The highest BCUT2D eigenvalue weighted by Gasteiger charge is 2.37. The van der Waals surface area contributed by atoms with Crippen LogP contribution in [-0.2, 0) is 19.3 Å². The number of nitrogens with two attached hydrogens (primary N) is 1. The van der Waals surface area contributed by atoms with Gasteiger partial charge in [-0.1, -0.05) is 38.5 Å². The molecule has 0 heterocycles. The molecular weight excluding hydrogens is 230 g/mol. The number of rotatable bonds is 2. The minimum Gasteiger partial charge on any atom is -0.325 e. The monoisotopic (exact) mass is 257 g/mol. The predicted octanol–water partition coefficient (Wildman–Crippen LogP) is 4.02. The van der Waals surface area contributed by atoms with Crippen LogP contribution in [0.5, 0.6) is 0 Å². The maximum absolute atomic E-state index is 6.71. The van der Waals surface area contributed by atoms with Crippen LogP contribution < -0.4 is 5.73 Å². The Bertz CT molecular complexity index is 475. The molecule has 2 aliphatic rings. The second-order valence-corrected chi connectivity index (χ2v) is 7.69. The minimum absolute atomic E-state index is 0.0224. The van der Waals surface area contributed by atoms with Gasteiger partial charge in [0.05, 0.1) is 0 Å². The van der Waals surface area contributed by atoms with E-state index in [0.29, 0.717) is 5.41 Å². The predicted molar refractivity (Wildman–Crippen MR) is 81.3 cm³/mol. The summed E-state index contributed by atoms with van der Waals surface area (Å²) in [6.45, 7) is 4.74. The second-order valence-electron chi connectivity index (χ2n) is 7.69. The SMILES string of the molecule is CC1(C)CCCC(N)(Cc2ccc3c(c2)CCC3)C1. The van der Waals surface area contributed by atoms with E-state index in [9.17, 15) is 0 Å². The van der Waals surface area contributed by atoms with E-state index in [1.165, 1.54) is 44.1 Å². The average molecular weight is 257 g/mol. The van der Waals surface area contributed by atoms with Gasteiger partial charge in [-0.25, -0.2) is 0 Å². The van der Waals surface area contributed by atoms with Crippen LogP contribution in [0.15, 0.2) is 18.2 Å². The zero-order valence-corrected chi connectivity index (χ0v) is 12.5. The summed E-state index contributed by atoms with van der Waals surface area (Å²) in [4.78, 5) is 0. The van der Waals surface area contributed by atoms with Crippen LogP contribution in [-0.4, -0.2) is 5.54 Å². The minimum atomic E-state index is 0.0224. The third kappa shape index (κ3) is 2.86. The van der Waals surface area contributed by atoms with Crippen LogP contribution in [0.2, 0.25) is 0 Å². The van der Waals surface area contributed by atoms with Gasteiger partial charge in [-0.05, 0) is 67.1 Å². The number of aryl methyl sites for hydroxylation is 2. The molecule has 104 valence electrons. The van der Waals surface area contributed by atoms with E-state index in [2.05, 4.69) is 32.0 Å². The van der Waals surface area contributed by atoms with Crippen molar-refractivity contribution in [2.24, 2.45) is 11.1 Å². The summed E-state index contributed by atoms with van der Waals surface area (Å²) in [5, 5.41) is 0. The van der Waals surface area contributed by atoms with E-state index in [1.807, 2.05) is 0 Å². The molecule has 1 fully saturated rings. The second kappa shape index (κ2) is 4.63.